The van der Waals surface area contributed by atoms with E-state index in [9.17, 15) is 4.79 Å². The lowest BCUT2D eigenvalue weighted by molar-refractivity contribution is 0.0992. The molecule has 1 heterocycles. The van der Waals surface area contributed by atoms with Crippen LogP contribution in [-0.2, 0) is 13.5 Å². The van der Waals surface area contributed by atoms with Crippen molar-refractivity contribution in [1.29, 1.82) is 0 Å². The third-order valence-electron chi connectivity index (χ3n) is 2.75. The van der Waals surface area contributed by atoms with Crippen LogP contribution >= 0.6 is 27.5 Å². The van der Waals surface area contributed by atoms with E-state index in [2.05, 4.69) is 21.0 Å². The summed E-state index contributed by atoms with van der Waals surface area (Å²) in [6, 6.07) is 7.34. The number of aryl methyl sites for hydroxylation is 2. The maximum absolute atomic E-state index is 12.2. The summed E-state index contributed by atoms with van der Waals surface area (Å²) < 4.78 is 2.47. The molecule has 5 heteroatoms. The van der Waals surface area contributed by atoms with E-state index in [-0.39, 0.29) is 12.2 Å². The topological polar surface area (TPSA) is 34.9 Å². The van der Waals surface area contributed by atoms with Crippen LogP contribution in [0.5, 0.6) is 0 Å². The number of benzene rings is 1. The molecule has 18 heavy (non-hydrogen) atoms. The van der Waals surface area contributed by atoms with Crippen molar-refractivity contribution in [2.45, 2.75) is 13.3 Å². The van der Waals surface area contributed by atoms with Gasteiger partial charge in [0.05, 0.1) is 5.69 Å². The first-order valence-corrected chi connectivity index (χ1v) is 6.63. The highest BCUT2D eigenvalue weighted by atomic mass is 79.9. The van der Waals surface area contributed by atoms with Crippen LogP contribution in [0.4, 0.5) is 0 Å². The lowest BCUT2D eigenvalue weighted by Crippen LogP contribution is -2.04. The van der Waals surface area contributed by atoms with Crippen LogP contribution in [0.15, 0.2) is 28.7 Å². The fourth-order valence-electron chi connectivity index (χ4n) is 1.80. The van der Waals surface area contributed by atoms with Gasteiger partial charge in [-0.05, 0) is 19.1 Å². The summed E-state index contributed by atoms with van der Waals surface area (Å²) in [6.45, 7) is 1.86. The van der Waals surface area contributed by atoms with Crippen molar-refractivity contribution >= 4 is 33.3 Å². The Balaban J connectivity index is 2.27. The van der Waals surface area contributed by atoms with Crippen LogP contribution in [0, 0.1) is 6.92 Å². The minimum Gasteiger partial charge on any atom is -0.294 e. The molecule has 2 aromatic rings. The van der Waals surface area contributed by atoms with E-state index in [1.165, 1.54) is 0 Å². The molecule has 0 aliphatic rings. The molecule has 0 saturated carbocycles. The fourth-order valence-corrected chi connectivity index (χ4v) is 2.44. The van der Waals surface area contributed by atoms with Crippen LogP contribution < -0.4 is 0 Å². The second-order valence-corrected chi connectivity index (χ2v) is 5.36. The summed E-state index contributed by atoms with van der Waals surface area (Å²) in [5.74, 6) is 0.0364. The molecular weight excluding hydrogens is 316 g/mol. The number of aromatic nitrogens is 2. The normalized spacial score (nSPS) is 10.7. The van der Waals surface area contributed by atoms with E-state index in [0.29, 0.717) is 10.7 Å². The van der Waals surface area contributed by atoms with Crippen molar-refractivity contribution in [2.75, 3.05) is 0 Å². The number of ketones is 1. The molecule has 0 N–H and O–H groups in total. The lowest BCUT2D eigenvalue weighted by Gasteiger charge is -2.02. The number of carbonyl (C=O) groups excluding carboxylic acids is 1. The SMILES string of the molecule is Cc1nn(C)c(Cl)c1CC(=O)c1cccc(Br)c1. The fraction of sp³-hybridized carbons (Fsp3) is 0.231. The summed E-state index contributed by atoms with van der Waals surface area (Å²) in [5, 5.41) is 4.72. The first kappa shape index (κ1) is 13.3. The van der Waals surface area contributed by atoms with E-state index >= 15 is 0 Å². The molecular formula is C13H12BrClN2O. The van der Waals surface area contributed by atoms with Crippen LogP contribution in [0.3, 0.4) is 0 Å². The smallest absolute Gasteiger partial charge is 0.167 e. The van der Waals surface area contributed by atoms with E-state index in [4.69, 9.17) is 11.6 Å². The number of nitrogens with zero attached hydrogens (tertiary/aromatic N) is 2. The molecule has 2 rings (SSSR count). The van der Waals surface area contributed by atoms with Gasteiger partial charge in [0.15, 0.2) is 5.78 Å². The zero-order valence-corrected chi connectivity index (χ0v) is 12.4. The van der Waals surface area contributed by atoms with Gasteiger partial charge < -0.3 is 0 Å². The van der Waals surface area contributed by atoms with Gasteiger partial charge in [-0.25, -0.2) is 0 Å². The van der Waals surface area contributed by atoms with Gasteiger partial charge in [0.2, 0.25) is 0 Å². The first-order chi connectivity index (χ1) is 8.49. The predicted molar refractivity (Wildman–Crippen MR) is 75.1 cm³/mol. The summed E-state index contributed by atoms with van der Waals surface area (Å²) in [5.41, 5.74) is 2.26. The van der Waals surface area contributed by atoms with Crippen molar-refractivity contribution in [3.05, 3.63) is 50.7 Å². The van der Waals surface area contributed by atoms with Crippen molar-refractivity contribution in [1.82, 2.24) is 9.78 Å². The Morgan fingerprint density at radius 2 is 2.22 bits per heavy atom. The van der Waals surface area contributed by atoms with Gasteiger partial charge in [-0.15, -0.1) is 0 Å². The number of carbonyl (C=O) groups is 1. The molecule has 0 radical (unpaired) electrons. The molecule has 0 aliphatic heterocycles. The zero-order valence-electron chi connectivity index (χ0n) is 10.1. The average molecular weight is 328 g/mol. The molecule has 94 valence electrons. The van der Waals surface area contributed by atoms with Gasteiger partial charge >= 0.3 is 0 Å². The van der Waals surface area contributed by atoms with Crippen molar-refractivity contribution in [3.63, 3.8) is 0 Å². The molecule has 1 aromatic carbocycles. The Bertz CT molecular complexity index is 607. The predicted octanol–water partition coefficient (Wildman–Crippen LogP) is 3.57. The Morgan fingerprint density at radius 1 is 1.50 bits per heavy atom. The van der Waals surface area contributed by atoms with Crippen molar-refractivity contribution in [2.24, 2.45) is 7.05 Å². The minimum absolute atomic E-state index is 0.0364. The highest BCUT2D eigenvalue weighted by Crippen LogP contribution is 2.21. The van der Waals surface area contributed by atoms with Crippen LogP contribution in [0.1, 0.15) is 21.6 Å². The molecule has 0 aliphatic carbocycles. The van der Waals surface area contributed by atoms with Crippen LogP contribution in [0.2, 0.25) is 5.15 Å². The second-order valence-electron chi connectivity index (χ2n) is 4.09. The number of hydrogen-bond donors (Lipinski definition) is 0. The third-order valence-corrected chi connectivity index (χ3v) is 3.72. The van der Waals surface area contributed by atoms with Crippen LogP contribution in [-0.4, -0.2) is 15.6 Å². The molecule has 1 aromatic heterocycles. The van der Waals surface area contributed by atoms with Gasteiger partial charge in [-0.1, -0.05) is 39.7 Å². The van der Waals surface area contributed by atoms with Gasteiger partial charge in [0.1, 0.15) is 5.15 Å². The zero-order chi connectivity index (χ0) is 13.3. The molecule has 0 atom stereocenters. The highest BCUT2D eigenvalue weighted by Gasteiger charge is 2.16. The van der Waals surface area contributed by atoms with Crippen molar-refractivity contribution < 1.29 is 4.79 Å². The maximum Gasteiger partial charge on any atom is 0.167 e. The van der Waals surface area contributed by atoms with E-state index in [0.717, 1.165) is 15.7 Å². The molecule has 0 unspecified atom stereocenters. The van der Waals surface area contributed by atoms with Crippen molar-refractivity contribution in [3.8, 4) is 0 Å². The third kappa shape index (κ3) is 2.65. The molecule has 0 bridgehead atoms. The van der Waals surface area contributed by atoms with Gasteiger partial charge in [-0.3, -0.25) is 9.48 Å². The molecule has 3 nitrogen and oxygen atoms in total. The summed E-state index contributed by atoms with van der Waals surface area (Å²) in [7, 11) is 1.77. The number of halogens is 2. The van der Waals surface area contributed by atoms with Crippen LogP contribution in [0.25, 0.3) is 0 Å². The second kappa shape index (κ2) is 5.24. The van der Waals surface area contributed by atoms with E-state index in [1.807, 2.05) is 25.1 Å². The monoisotopic (exact) mass is 326 g/mol. The summed E-state index contributed by atoms with van der Waals surface area (Å²) >= 11 is 9.47. The Hall–Kier alpha value is -1.13. The number of rotatable bonds is 3. The number of hydrogen-bond acceptors (Lipinski definition) is 2. The Kier molecular flexibility index (Phi) is 3.88. The first-order valence-electron chi connectivity index (χ1n) is 5.45. The van der Waals surface area contributed by atoms with E-state index in [1.54, 1.807) is 17.8 Å². The maximum atomic E-state index is 12.2. The molecule has 0 spiro atoms. The Labute approximate surface area is 119 Å². The molecule has 0 saturated heterocycles. The summed E-state index contributed by atoms with van der Waals surface area (Å²) in [4.78, 5) is 12.2. The standard InChI is InChI=1S/C13H12BrClN2O/c1-8-11(13(15)17(2)16-8)7-12(18)9-4-3-5-10(14)6-9/h3-6H,7H2,1-2H3. The Morgan fingerprint density at radius 3 is 2.78 bits per heavy atom. The quantitative estimate of drug-likeness (QED) is 0.808. The number of Topliss-reactive ketones (excluding diaryl/α,β-unsaturated/α-hetero) is 1. The average Bonchev–Trinajstić information content (AvgIpc) is 2.56. The van der Waals surface area contributed by atoms with Gasteiger partial charge in [0, 0.05) is 29.1 Å². The molecule has 0 amide bonds. The van der Waals surface area contributed by atoms with E-state index < -0.39 is 0 Å². The minimum atomic E-state index is 0.0364. The van der Waals surface area contributed by atoms with Gasteiger partial charge in [-0.2, -0.15) is 5.10 Å². The summed E-state index contributed by atoms with van der Waals surface area (Å²) in [6.07, 6.45) is 0.273. The van der Waals surface area contributed by atoms with Gasteiger partial charge in [0.25, 0.3) is 0 Å². The lowest BCUT2D eigenvalue weighted by atomic mass is 10.0. The largest absolute Gasteiger partial charge is 0.294 e. The molecule has 0 fully saturated rings. The highest BCUT2D eigenvalue weighted by molar-refractivity contribution is 9.10.